The van der Waals surface area contributed by atoms with E-state index in [1.165, 1.54) is 0 Å². The van der Waals surface area contributed by atoms with E-state index in [1.807, 2.05) is 0 Å². The summed E-state index contributed by atoms with van der Waals surface area (Å²) in [6.45, 7) is 0. The van der Waals surface area contributed by atoms with Gasteiger partial charge in [0.05, 0.1) is 6.33 Å². The summed E-state index contributed by atoms with van der Waals surface area (Å²) >= 11 is 0. The van der Waals surface area contributed by atoms with Gasteiger partial charge in [-0.15, -0.1) is 0 Å². The second kappa shape index (κ2) is 8.20. The van der Waals surface area contributed by atoms with Gasteiger partial charge in [-0.1, -0.05) is 0 Å². The van der Waals surface area contributed by atoms with Crippen molar-refractivity contribution in [3.8, 4) is 0 Å². The van der Waals surface area contributed by atoms with Crippen molar-refractivity contribution in [1.82, 2.24) is 19.5 Å². The third kappa shape index (κ3) is 5.18. The first-order valence-electron chi connectivity index (χ1n) is 7.88. The lowest BCUT2D eigenvalue weighted by atomic mass is 10.1. The number of anilines is 1. The molecule has 0 radical (unpaired) electrons. The Balaban J connectivity index is 2.02. The van der Waals surface area contributed by atoms with Crippen molar-refractivity contribution in [2.24, 2.45) is 0 Å². The number of fused-ring (bicyclic) bond motifs is 1. The van der Waals surface area contributed by atoms with Gasteiger partial charge in [0.2, 0.25) is 0 Å². The number of nitrogens with two attached hydrogens (primary N) is 1. The second-order valence-electron chi connectivity index (χ2n) is 6.18. The largest absolute Gasteiger partial charge is 0.476 e. The lowest BCUT2D eigenvalue weighted by Crippen LogP contribution is -2.39. The van der Waals surface area contributed by atoms with Gasteiger partial charge in [-0.05, 0) is 0 Å². The first-order chi connectivity index (χ1) is 14.1. The fraction of sp³-hybridized carbons (Fsp3) is 0.500. The van der Waals surface area contributed by atoms with E-state index >= 15 is 0 Å². The smallest absolute Gasteiger partial charge is 0.387 e. The molecule has 2 unspecified atom stereocenters. The monoisotopic (exact) mass is 507 g/mol. The van der Waals surface area contributed by atoms with E-state index in [0.717, 1.165) is 17.2 Å². The average Bonchev–Trinajstić information content (AvgIpc) is 3.14. The van der Waals surface area contributed by atoms with Crippen LogP contribution in [0.5, 0.6) is 0 Å². The van der Waals surface area contributed by atoms with Crippen LogP contribution in [0.15, 0.2) is 12.7 Å². The number of hydrogen-bond acceptors (Lipinski definition) is 12. The zero-order chi connectivity index (χ0) is 23.4. The minimum Gasteiger partial charge on any atom is -0.387 e. The lowest BCUT2D eigenvalue weighted by molar-refractivity contribution is -0.0660. The van der Waals surface area contributed by atoms with Crippen LogP contribution < -0.4 is 5.73 Å². The van der Waals surface area contributed by atoms with E-state index in [-0.39, 0.29) is 17.0 Å². The molecule has 21 heteroatoms. The number of nitrogen functional groups attached to an aromatic ring is 1. The average molecular weight is 507 g/mol. The van der Waals surface area contributed by atoms with Gasteiger partial charge in [0, 0.05) is 0 Å². The molecule has 0 aliphatic carbocycles. The highest BCUT2D eigenvalue weighted by Gasteiger charge is 2.56. The lowest BCUT2D eigenvalue weighted by Gasteiger charge is -2.24. The Morgan fingerprint density at radius 1 is 1.10 bits per heavy atom. The molecule has 0 aromatic carbocycles. The fourth-order valence-corrected chi connectivity index (χ4v) is 5.63. The van der Waals surface area contributed by atoms with Gasteiger partial charge in [-0.25, -0.2) is 28.4 Å². The molecule has 174 valence electrons. The third-order valence-corrected chi connectivity index (χ3v) is 7.29. The van der Waals surface area contributed by atoms with Crippen LogP contribution in [-0.4, -0.2) is 78.4 Å². The molecule has 3 rings (SSSR count). The molecule has 18 nitrogen and oxygen atoms in total. The Morgan fingerprint density at radius 3 is 2.32 bits per heavy atom. The summed E-state index contributed by atoms with van der Waals surface area (Å²) in [5, 5.41) is 20.5. The van der Waals surface area contributed by atoms with Crippen LogP contribution in [0.25, 0.3) is 11.2 Å². The van der Waals surface area contributed by atoms with Gasteiger partial charge in [0.25, 0.3) is 0 Å². The molecule has 1 saturated heterocycles. The van der Waals surface area contributed by atoms with Gasteiger partial charge >= 0.3 is 23.2 Å². The number of phosphoric ester groups is 1. The third-order valence-electron chi connectivity index (χ3n) is 4.02. The van der Waals surface area contributed by atoms with Crippen molar-refractivity contribution in [3.05, 3.63) is 12.7 Å². The standard InChI is InChI=1S/C10H16N5O13P3/c11-7-3-8(13-1-12-7)15(2-14-3)9-5(27-30(20,21)22)4(16)6(26-9)10(17)29(18,19)28-31(23,24)25/h1-2,4-6,9-10,16-17H,(H,18,19)(H2,11,12,13)(H2,20,21,22)(H2,23,24,25)/t4-,5+,6-,9+,10?/m0/s1. The molecule has 31 heavy (non-hydrogen) atoms. The first kappa shape index (κ1) is 24.3. The molecule has 1 aliphatic rings. The van der Waals surface area contributed by atoms with Crippen LogP contribution >= 0.6 is 23.2 Å². The number of hydrogen-bond donors (Lipinski definition) is 8. The predicted molar refractivity (Wildman–Crippen MR) is 95.5 cm³/mol. The van der Waals surface area contributed by atoms with Gasteiger partial charge in [0.15, 0.2) is 23.5 Å². The SMILES string of the molecule is Nc1ncnc2c1ncn2[C@@H]1O[C@H](C(O)P(=O)(O)OP(=O)(O)O)[C@@H](O)[C@H]1OP(=O)(O)O. The van der Waals surface area contributed by atoms with Crippen LogP contribution in [-0.2, 0) is 27.3 Å². The number of ether oxygens (including phenoxy) is 1. The summed E-state index contributed by atoms with van der Waals surface area (Å²) in [6.07, 6.45) is -6.03. The predicted octanol–water partition coefficient (Wildman–Crippen LogP) is -2.24. The molecule has 2 aromatic rings. The second-order valence-corrected chi connectivity index (χ2v) is 10.7. The van der Waals surface area contributed by atoms with Gasteiger partial charge in [-0.2, -0.15) is 0 Å². The number of phosphoric acid groups is 2. The molecule has 1 fully saturated rings. The molecule has 0 saturated carbocycles. The molecule has 0 spiro atoms. The molecular formula is C10H16N5O13P3. The van der Waals surface area contributed by atoms with E-state index in [2.05, 4.69) is 23.8 Å². The summed E-state index contributed by atoms with van der Waals surface area (Å²) in [7, 11) is -16.4. The minimum atomic E-state index is -5.56. The maximum Gasteiger partial charge on any atom is 0.476 e. The molecule has 9 N–H and O–H groups in total. The summed E-state index contributed by atoms with van der Waals surface area (Å²) in [6, 6.07) is 0. The van der Waals surface area contributed by atoms with E-state index in [1.54, 1.807) is 0 Å². The molecule has 0 amide bonds. The topological polar surface area (TPSA) is 290 Å². The van der Waals surface area contributed by atoms with Crippen molar-refractivity contribution >= 4 is 40.2 Å². The van der Waals surface area contributed by atoms with Gasteiger partial charge in [0.1, 0.15) is 30.2 Å². The maximum absolute atomic E-state index is 12.1. The van der Waals surface area contributed by atoms with E-state index in [9.17, 15) is 28.8 Å². The van der Waals surface area contributed by atoms with Crippen molar-refractivity contribution in [1.29, 1.82) is 0 Å². The Labute approximate surface area is 171 Å². The van der Waals surface area contributed by atoms with Gasteiger partial charge < -0.3 is 45.2 Å². The van der Waals surface area contributed by atoms with Crippen LogP contribution in [0, 0.1) is 0 Å². The Bertz CT molecular complexity index is 1110. The highest BCUT2D eigenvalue weighted by atomic mass is 31.3. The Hall–Kier alpha value is -1.36. The minimum absolute atomic E-state index is 0.0252. The molecule has 3 heterocycles. The highest BCUT2D eigenvalue weighted by Crippen LogP contribution is 2.61. The number of rotatable bonds is 7. The summed E-state index contributed by atoms with van der Waals surface area (Å²) in [5.41, 5.74) is 5.62. The zero-order valence-electron chi connectivity index (χ0n) is 14.8. The summed E-state index contributed by atoms with van der Waals surface area (Å²) < 4.78 is 48.8. The Kier molecular flexibility index (Phi) is 6.43. The zero-order valence-corrected chi connectivity index (χ0v) is 17.5. The number of aromatic nitrogens is 4. The van der Waals surface area contributed by atoms with Crippen LogP contribution in [0.3, 0.4) is 0 Å². The van der Waals surface area contributed by atoms with Crippen molar-refractivity contribution in [2.75, 3.05) is 5.73 Å². The van der Waals surface area contributed by atoms with E-state index in [4.69, 9.17) is 30.0 Å². The fourth-order valence-electron chi connectivity index (χ4n) is 2.86. The molecule has 0 bridgehead atoms. The normalized spacial score (nSPS) is 28.0. The van der Waals surface area contributed by atoms with E-state index < -0.39 is 53.6 Å². The van der Waals surface area contributed by atoms with Crippen LogP contribution in [0.1, 0.15) is 6.23 Å². The quantitative estimate of drug-likeness (QED) is 0.184. The molecule has 2 aromatic heterocycles. The number of nitrogens with zero attached hydrogens (tertiary/aromatic N) is 4. The van der Waals surface area contributed by atoms with Gasteiger partial charge in [-0.3, -0.25) is 13.7 Å². The highest BCUT2D eigenvalue weighted by molar-refractivity contribution is 7.64. The summed E-state index contributed by atoms with van der Waals surface area (Å²) in [5.74, 6) is -2.85. The van der Waals surface area contributed by atoms with Crippen LogP contribution in [0.4, 0.5) is 5.82 Å². The van der Waals surface area contributed by atoms with E-state index in [0.29, 0.717) is 0 Å². The molecular weight excluding hydrogens is 491 g/mol. The molecule has 6 atom stereocenters. The number of aliphatic hydroxyl groups is 2. The van der Waals surface area contributed by atoms with Crippen LogP contribution in [0.2, 0.25) is 0 Å². The first-order valence-corrected chi connectivity index (χ1v) is 12.6. The van der Waals surface area contributed by atoms with Crippen molar-refractivity contribution < 1.29 is 61.9 Å². The maximum atomic E-state index is 12.1. The number of aliphatic hydroxyl groups excluding tert-OH is 2. The molecule has 1 aliphatic heterocycles. The van der Waals surface area contributed by atoms with Crippen molar-refractivity contribution in [3.63, 3.8) is 0 Å². The Morgan fingerprint density at radius 2 is 1.74 bits per heavy atom. The summed E-state index contributed by atoms with van der Waals surface area (Å²) in [4.78, 5) is 57.0. The van der Waals surface area contributed by atoms with Crippen molar-refractivity contribution in [2.45, 2.75) is 30.4 Å². The number of imidazole rings is 1.